The standard InChI is InChI=1S/C12H21ClO2/c1-14-7-2-5-12(9-13)6-8-15-11(12)10-3-4-10/h10-11H,2-9H2,1H3. The van der Waals surface area contributed by atoms with E-state index in [0.717, 1.165) is 44.3 Å². The van der Waals surface area contributed by atoms with Gasteiger partial charge in [-0.1, -0.05) is 0 Å². The summed E-state index contributed by atoms with van der Waals surface area (Å²) < 4.78 is 11.0. The molecule has 3 heteroatoms. The summed E-state index contributed by atoms with van der Waals surface area (Å²) in [6.07, 6.45) is 6.52. The van der Waals surface area contributed by atoms with Gasteiger partial charge in [-0.05, 0) is 38.0 Å². The summed E-state index contributed by atoms with van der Waals surface area (Å²) in [6.45, 7) is 1.75. The molecular weight excluding hydrogens is 212 g/mol. The summed E-state index contributed by atoms with van der Waals surface area (Å²) in [5.74, 6) is 1.55. The highest BCUT2D eigenvalue weighted by Gasteiger charge is 2.49. The van der Waals surface area contributed by atoms with Gasteiger partial charge in [0.25, 0.3) is 0 Å². The first-order valence-corrected chi connectivity index (χ1v) is 6.52. The van der Waals surface area contributed by atoms with Gasteiger partial charge in [-0.15, -0.1) is 11.6 Å². The summed E-state index contributed by atoms with van der Waals surface area (Å²) in [5.41, 5.74) is 0.251. The van der Waals surface area contributed by atoms with Crippen molar-refractivity contribution in [2.24, 2.45) is 11.3 Å². The molecule has 0 aromatic heterocycles. The largest absolute Gasteiger partial charge is 0.385 e. The van der Waals surface area contributed by atoms with Gasteiger partial charge in [-0.25, -0.2) is 0 Å². The Morgan fingerprint density at radius 2 is 2.27 bits per heavy atom. The van der Waals surface area contributed by atoms with Crippen LogP contribution in [-0.4, -0.2) is 32.3 Å². The van der Waals surface area contributed by atoms with Gasteiger partial charge < -0.3 is 9.47 Å². The maximum Gasteiger partial charge on any atom is 0.0671 e. The number of rotatable bonds is 6. The van der Waals surface area contributed by atoms with E-state index in [-0.39, 0.29) is 5.41 Å². The van der Waals surface area contributed by atoms with Crippen LogP contribution in [0.2, 0.25) is 0 Å². The van der Waals surface area contributed by atoms with Crippen molar-refractivity contribution < 1.29 is 9.47 Å². The van der Waals surface area contributed by atoms with Crippen molar-refractivity contribution in [2.75, 3.05) is 26.2 Å². The van der Waals surface area contributed by atoms with Crippen molar-refractivity contribution >= 4 is 11.6 Å². The van der Waals surface area contributed by atoms with Crippen molar-refractivity contribution in [1.29, 1.82) is 0 Å². The monoisotopic (exact) mass is 232 g/mol. The van der Waals surface area contributed by atoms with Crippen LogP contribution in [0.3, 0.4) is 0 Å². The lowest BCUT2D eigenvalue weighted by Gasteiger charge is -2.32. The molecule has 1 aliphatic carbocycles. The Morgan fingerprint density at radius 1 is 1.47 bits per heavy atom. The molecule has 0 aromatic rings. The van der Waals surface area contributed by atoms with Crippen LogP contribution in [0.5, 0.6) is 0 Å². The number of halogens is 1. The molecule has 0 bridgehead atoms. The molecule has 2 atom stereocenters. The number of methoxy groups -OCH3 is 1. The highest BCUT2D eigenvalue weighted by Crippen LogP contribution is 2.50. The summed E-state index contributed by atoms with van der Waals surface area (Å²) in [5, 5.41) is 0. The fourth-order valence-corrected chi connectivity index (χ4v) is 3.21. The van der Waals surface area contributed by atoms with E-state index < -0.39 is 0 Å². The SMILES string of the molecule is COCCCC1(CCl)CCOC1C1CC1. The van der Waals surface area contributed by atoms with E-state index in [1.54, 1.807) is 7.11 Å². The average molecular weight is 233 g/mol. The molecule has 0 N–H and O–H groups in total. The van der Waals surface area contributed by atoms with Crippen molar-refractivity contribution in [1.82, 2.24) is 0 Å². The van der Waals surface area contributed by atoms with E-state index in [2.05, 4.69) is 0 Å². The maximum atomic E-state index is 6.19. The van der Waals surface area contributed by atoms with E-state index in [9.17, 15) is 0 Å². The van der Waals surface area contributed by atoms with E-state index in [1.165, 1.54) is 12.8 Å². The second-order valence-corrected chi connectivity index (χ2v) is 5.24. The lowest BCUT2D eigenvalue weighted by atomic mass is 9.77. The van der Waals surface area contributed by atoms with Gasteiger partial charge in [0.15, 0.2) is 0 Å². The highest BCUT2D eigenvalue weighted by molar-refractivity contribution is 6.18. The van der Waals surface area contributed by atoms with Gasteiger partial charge in [0, 0.05) is 31.6 Å². The lowest BCUT2D eigenvalue weighted by molar-refractivity contribution is 0.0325. The van der Waals surface area contributed by atoms with Crippen LogP contribution in [0.4, 0.5) is 0 Å². The smallest absolute Gasteiger partial charge is 0.0671 e. The number of hydrogen-bond donors (Lipinski definition) is 0. The highest BCUT2D eigenvalue weighted by atomic mass is 35.5. The molecule has 0 radical (unpaired) electrons. The van der Waals surface area contributed by atoms with Gasteiger partial charge >= 0.3 is 0 Å². The van der Waals surface area contributed by atoms with E-state index >= 15 is 0 Å². The van der Waals surface area contributed by atoms with Gasteiger partial charge in [0.05, 0.1) is 6.10 Å². The molecule has 1 heterocycles. The fraction of sp³-hybridized carbons (Fsp3) is 1.00. The van der Waals surface area contributed by atoms with Crippen molar-refractivity contribution in [3.63, 3.8) is 0 Å². The molecule has 0 amide bonds. The molecule has 0 aromatic carbocycles. The minimum Gasteiger partial charge on any atom is -0.385 e. The zero-order valence-electron chi connectivity index (χ0n) is 9.51. The van der Waals surface area contributed by atoms with Gasteiger partial charge in [-0.2, -0.15) is 0 Å². The molecule has 1 saturated heterocycles. The van der Waals surface area contributed by atoms with Gasteiger partial charge in [0.1, 0.15) is 0 Å². The topological polar surface area (TPSA) is 18.5 Å². The summed E-state index contributed by atoms with van der Waals surface area (Å²) in [6, 6.07) is 0. The predicted molar refractivity (Wildman–Crippen MR) is 61.3 cm³/mol. The molecule has 88 valence electrons. The van der Waals surface area contributed by atoms with Crippen molar-refractivity contribution in [3.05, 3.63) is 0 Å². The lowest BCUT2D eigenvalue weighted by Crippen LogP contribution is -2.34. The van der Waals surface area contributed by atoms with Crippen LogP contribution in [0.1, 0.15) is 32.1 Å². The molecule has 2 unspecified atom stereocenters. The Hall–Kier alpha value is 0.210. The van der Waals surface area contributed by atoms with Crippen LogP contribution in [0.25, 0.3) is 0 Å². The summed E-state index contributed by atoms with van der Waals surface area (Å²) >= 11 is 6.19. The Morgan fingerprint density at radius 3 is 2.87 bits per heavy atom. The van der Waals surface area contributed by atoms with Crippen LogP contribution in [0, 0.1) is 11.3 Å². The minimum absolute atomic E-state index is 0.251. The average Bonchev–Trinajstić information content (AvgIpc) is 3.01. The van der Waals surface area contributed by atoms with Gasteiger partial charge in [-0.3, -0.25) is 0 Å². The molecule has 1 saturated carbocycles. The van der Waals surface area contributed by atoms with Gasteiger partial charge in [0.2, 0.25) is 0 Å². The Kier molecular flexibility index (Phi) is 3.92. The molecular formula is C12H21ClO2. The summed E-state index contributed by atoms with van der Waals surface area (Å²) in [4.78, 5) is 0. The zero-order valence-corrected chi connectivity index (χ0v) is 10.3. The van der Waals surface area contributed by atoms with Crippen LogP contribution < -0.4 is 0 Å². The predicted octanol–water partition coefficient (Wildman–Crippen LogP) is 2.84. The van der Waals surface area contributed by atoms with E-state index in [4.69, 9.17) is 21.1 Å². The van der Waals surface area contributed by atoms with Crippen LogP contribution in [-0.2, 0) is 9.47 Å². The van der Waals surface area contributed by atoms with E-state index in [1.807, 2.05) is 0 Å². The molecule has 15 heavy (non-hydrogen) atoms. The minimum atomic E-state index is 0.251. The second-order valence-electron chi connectivity index (χ2n) is 4.97. The fourth-order valence-electron chi connectivity index (χ4n) is 2.79. The third kappa shape index (κ3) is 2.48. The molecule has 1 aliphatic heterocycles. The molecule has 2 nitrogen and oxygen atoms in total. The first kappa shape index (κ1) is 11.7. The third-order valence-corrected chi connectivity index (χ3v) is 4.37. The van der Waals surface area contributed by atoms with Crippen LogP contribution in [0.15, 0.2) is 0 Å². The van der Waals surface area contributed by atoms with E-state index in [0.29, 0.717) is 6.10 Å². The molecule has 2 aliphatic rings. The normalized spacial score (nSPS) is 36.0. The first-order valence-electron chi connectivity index (χ1n) is 5.99. The number of hydrogen-bond acceptors (Lipinski definition) is 2. The Labute approximate surface area is 97.3 Å². The number of alkyl halides is 1. The molecule has 0 spiro atoms. The molecule has 2 rings (SSSR count). The van der Waals surface area contributed by atoms with Crippen molar-refractivity contribution in [3.8, 4) is 0 Å². The molecule has 2 fully saturated rings. The quantitative estimate of drug-likeness (QED) is 0.518. The maximum absolute atomic E-state index is 6.19. The Bertz CT molecular complexity index is 206. The Balaban J connectivity index is 1.92. The van der Waals surface area contributed by atoms with Crippen LogP contribution >= 0.6 is 11.6 Å². The third-order valence-electron chi connectivity index (χ3n) is 3.84. The second kappa shape index (κ2) is 5.03. The first-order chi connectivity index (χ1) is 7.32. The number of ether oxygens (including phenoxy) is 2. The zero-order chi connectivity index (χ0) is 10.7. The van der Waals surface area contributed by atoms with Crippen molar-refractivity contribution in [2.45, 2.75) is 38.2 Å². The summed E-state index contributed by atoms with van der Waals surface area (Å²) in [7, 11) is 1.76.